The molecular formula is C19H24N6S. The third-order valence-electron chi connectivity index (χ3n) is 4.13. The lowest BCUT2D eigenvalue weighted by Gasteiger charge is -2.08. The number of aromatic nitrogens is 4. The molecule has 0 fully saturated rings. The summed E-state index contributed by atoms with van der Waals surface area (Å²) < 4.78 is 3.83. The van der Waals surface area contributed by atoms with Gasteiger partial charge in [0.25, 0.3) is 0 Å². The van der Waals surface area contributed by atoms with E-state index < -0.39 is 0 Å². The summed E-state index contributed by atoms with van der Waals surface area (Å²) in [5.74, 6) is 0. The minimum absolute atomic E-state index is 0.573. The highest BCUT2D eigenvalue weighted by Crippen LogP contribution is 2.10. The standard InChI is InChI=1S/C19H24N6S/c1-4-24-12-17(15(3)23-24)9-20-19(26)22-18-10-21-25(13-18)11-16-7-5-6-14(2)8-16/h5-8,10,12-13H,4,9,11H2,1-3H3,(H2,20,22,26). The zero-order valence-corrected chi connectivity index (χ0v) is 16.2. The predicted octanol–water partition coefficient (Wildman–Crippen LogP) is 3.25. The lowest BCUT2D eigenvalue weighted by Crippen LogP contribution is -2.27. The molecule has 136 valence electrons. The van der Waals surface area contributed by atoms with E-state index in [1.807, 2.05) is 28.7 Å². The van der Waals surface area contributed by atoms with E-state index >= 15 is 0 Å². The molecule has 1 aromatic carbocycles. The molecule has 0 saturated heterocycles. The van der Waals surface area contributed by atoms with E-state index in [0.29, 0.717) is 11.7 Å². The Bertz CT molecular complexity index is 895. The highest BCUT2D eigenvalue weighted by atomic mass is 32.1. The van der Waals surface area contributed by atoms with Crippen LogP contribution in [0.5, 0.6) is 0 Å². The number of hydrogen-bond acceptors (Lipinski definition) is 3. The summed E-state index contributed by atoms with van der Waals surface area (Å²) in [6, 6.07) is 8.43. The number of nitrogens with one attached hydrogen (secondary N) is 2. The molecular weight excluding hydrogens is 344 g/mol. The Morgan fingerprint density at radius 3 is 2.77 bits per heavy atom. The maximum atomic E-state index is 5.38. The van der Waals surface area contributed by atoms with E-state index in [0.717, 1.165) is 30.0 Å². The Kier molecular flexibility index (Phi) is 5.68. The normalized spacial score (nSPS) is 10.7. The third-order valence-corrected chi connectivity index (χ3v) is 4.38. The van der Waals surface area contributed by atoms with E-state index in [1.165, 1.54) is 11.1 Å². The zero-order valence-electron chi connectivity index (χ0n) is 15.4. The fraction of sp³-hybridized carbons (Fsp3) is 0.316. The van der Waals surface area contributed by atoms with Gasteiger partial charge in [-0.2, -0.15) is 10.2 Å². The molecule has 0 saturated carbocycles. The monoisotopic (exact) mass is 368 g/mol. The van der Waals surface area contributed by atoms with Crippen LogP contribution >= 0.6 is 12.2 Å². The van der Waals surface area contributed by atoms with Crippen LogP contribution in [0.25, 0.3) is 0 Å². The number of rotatable bonds is 6. The molecule has 7 heteroatoms. The van der Waals surface area contributed by atoms with E-state index in [4.69, 9.17) is 12.2 Å². The zero-order chi connectivity index (χ0) is 18.5. The number of thiocarbonyl (C=S) groups is 1. The maximum Gasteiger partial charge on any atom is 0.171 e. The summed E-state index contributed by atoms with van der Waals surface area (Å²) in [6.07, 6.45) is 5.78. The molecule has 26 heavy (non-hydrogen) atoms. The molecule has 0 aliphatic rings. The van der Waals surface area contributed by atoms with Crippen molar-refractivity contribution in [2.75, 3.05) is 5.32 Å². The van der Waals surface area contributed by atoms with E-state index in [-0.39, 0.29) is 0 Å². The summed E-state index contributed by atoms with van der Waals surface area (Å²) in [7, 11) is 0. The predicted molar refractivity (Wildman–Crippen MR) is 108 cm³/mol. The molecule has 0 atom stereocenters. The van der Waals surface area contributed by atoms with Crippen LogP contribution in [0.2, 0.25) is 0 Å². The first-order valence-electron chi connectivity index (χ1n) is 8.69. The minimum atomic E-state index is 0.573. The number of nitrogens with zero attached hydrogens (tertiary/aromatic N) is 4. The smallest absolute Gasteiger partial charge is 0.171 e. The fourth-order valence-corrected chi connectivity index (χ4v) is 2.95. The van der Waals surface area contributed by atoms with Crippen molar-refractivity contribution < 1.29 is 0 Å². The summed E-state index contributed by atoms with van der Waals surface area (Å²) in [5.41, 5.74) is 5.51. The van der Waals surface area contributed by atoms with Gasteiger partial charge in [0, 0.05) is 31.0 Å². The molecule has 0 amide bonds. The highest BCUT2D eigenvalue weighted by Gasteiger charge is 2.06. The minimum Gasteiger partial charge on any atom is -0.358 e. The Hall–Kier alpha value is -2.67. The number of anilines is 1. The molecule has 0 aliphatic heterocycles. The second-order valence-electron chi connectivity index (χ2n) is 6.32. The van der Waals surface area contributed by atoms with Gasteiger partial charge >= 0.3 is 0 Å². The second-order valence-corrected chi connectivity index (χ2v) is 6.73. The summed E-state index contributed by atoms with van der Waals surface area (Å²) >= 11 is 5.38. The van der Waals surface area contributed by atoms with E-state index in [1.54, 1.807) is 6.20 Å². The Balaban J connectivity index is 1.53. The Morgan fingerprint density at radius 2 is 2.04 bits per heavy atom. The van der Waals surface area contributed by atoms with Crippen molar-refractivity contribution >= 4 is 23.0 Å². The molecule has 2 heterocycles. The Morgan fingerprint density at radius 1 is 1.19 bits per heavy atom. The van der Waals surface area contributed by atoms with Crippen LogP contribution in [-0.4, -0.2) is 24.7 Å². The van der Waals surface area contributed by atoms with Crippen molar-refractivity contribution in [2.24, 2.45) is 0 Å². The van der Waals surface area contributed by atoms with Crippen molar-refractivity contribution in [1.82, 2.24) is 24.9 Å². The molecule has 3 rings (SSSR count). The quantitative estimate of drug-likeness (QED) is 0.654. The van der Waals surface area contributed by atoms with Gasteiger partial charge in [0.1, 0.15) is 0 Å². The Labute approximate surface area is 159 Å². The summed E-state index contributed by atoms with van der Waals surface area (Å²) in [4.78, 5) is 0. The number of benzene rings is 1. The second kappa shape index (κ2) is 8.14. The molecule has 3 aromatic rings. The topological polar surface area (TPSA) is 59.7 Å². The van der Waals surface area contributed by atoms with E-state index in [2.05, 4.69) is 58.9 Å². The van der Waals surface area contributed by atoms with Crippen LogP contribution in [0.1, 0.15) is 29.3 Å². The SMILES string of the molecule is CCn1cc(CNC(=S)Nc2cnn(Cc3cccc(C)c3)c2)c(C)n1. The van der Waals surface area contributed by atoms with Crippen LogP contribution in [-0.2, 0) is 19.6 Å². The number of hydrogen-bond donors (Lipinski definition) is 2. The molecule has 6 nitrogen and oxygen atoms in total. The van der Waals surface area contributed by atoms with Crippen LogP contribution in [0.15, 0.2) is 42.9 Å². The van der Waals surface area contributed by atoms with Crippen molar-refractivity contribution in [3.63, 3.8) is 0 Å². The van der Waals surface area contributed by atoms with Gasteiger partial charge in [-0.15, -0.1) is 0 Å². The maximum absolute atomic E-state index is 5.38. The first-order valence-corrected chi connectivity index (χ1v) is 9.10. The average Bonchev–Trinajstić information content (AvgIpc) is 3.19. The number of aryl methyl sites for hydroxylation is 3. The summed E-state index contributed by atoms with van der Waals surface area (Å²) in [6.45, 7) is 8.42. The molecule has 0 radical (unpaired) electrons. The first-order chi connectivity index (χ1) is 12.5. The first kappa shape index (κ1) is 18.1. The largest absolute Gasteiger partial charge is 0.358 e. The van der Waals surface area contributed by atoms with Gasteiger partial charge in [0.15, 0.2) is 5.11 Å². The van der Waals surface area contributed by atoms with Crippen LogP contribution in [0.4, 0.5) is 5.69 Å². The molecule has 0 bridgehead atoms. The van der Waals surface area contributed by atoms with Gasteiger partial charge in [-0.05, 0) is 38.6 Å². The third kappa shape index (κ3) is 4.70. The van der Waals surface area contributed by atoms with Gasteiger partial charge in [-0.1, -0.05) is 29.8 Å². The lowest BCUT2D eigenvalue weighted by molar-refractivity contribution is 0.653. The van der Waals surface area contributed by atoms with Crippen LogP contribution < -0.4 is 10.6 Å². The van der Waals surface area contributed by atoms with Gasteiger partial charge in [0.05, 0.1) is 24.1 Å². The van der Waals surface area contributed by atoms with Crippen molar-refractivity contribution in [3.05, 3.63) is 65.2 Å². The molecule has 2 N–H and O–H groups in total. The van der Waals surface area contributed by atoms with Crippen molar-refractivity contribution in [3.8, 4) is 0 Å². The molecule has 0 unspecified atom stereocenters. The van der Waals surface area contributed by atoms with Crippen LogP contribution in [0, 0.1) is 13.8 Å². The van der Waals surface area contributed by atoms with Crippen LogP contribution in [0.3, 0.4) is 0 Å². The van der Waals surface area contributed by atoms with E-state index in [9.17, 15) is 0 Å². The van der Waals surface area contributed by atoms with Gasteiger partial charge < -0.3 is 10.6 Å². The van der Waals surface area contributed by atoms with Crippen molar-refractivity contribution in [2.45, 2.75) is 40.4 Å². The molecule has 2 aromatic heterocycles. The average molecular weight is 369 g/mol. The summed E-state index contributed by atoms with van der Waals surface area (Å²) in [5, 5.41) is 15.8. The molecule has 0 spiro atoms. The van der Waals surface area contributed by atoms with Gasteiger partial charge in [-0.25, -0.2) is 0 Å². The lowest BCUT2D eigenvalue weighted by atomic mass is 10.1. The fourth-order valence-electron chi connectivity index (χ4n) is 2.76. The van der Waals surface area contributed by atoms with Gasteiger partial charge in [0.2, 0.25) is 0 Å². The molecule has 0 aliphatic carbocycles. The van der Waals surface area contributed by atoms with Crippen molar-refractivity contribution in [1.29, 1.82) is 0 Å². The van der Waals surface area contributed by atoms with Gasteiger partial charge in [-0.3, -0.25) is 9.36 Å². The highest BCUT2D eigenvalue weighted by molar-refractivity contribution is 7.80.